The predicted octanol–water partition coefficient (Wildman–Crippen LogP) is 0.305. The standard InChI is InChI=1S/C14H16N4O2/c15-7-10-6-9-2-1-3-11(9)17-13(10)18-5-4-16-8-12(18)14(19)20/h6,12,16H,1-5,8H2,(H,19,20). The molecular formula is C14H16N4O2. The molecule has 104 valence electrons. The first-order valence-electron chi connectivity index (χ1n) is 6.84. The highest BCUT2D eigenvalue weighted by molar-refractivity contribution is 5.79. The summed E-state index contributed by atoms with van der Waals surface area (Å²) in [5.74, 6) is -0.356. The van der Waals surface area contributed by atoms with E-state index in [-0.39, 0.29) is 0 Å². The molecule has 0 aromatic carbocycles. The molecule has 2 heterocycles. The Hall–Kier alpha value is -2.13. The van der Waals surface area contributed by atoms with E-state index in [2.05, 4.69) is 16.4 Å². The number of carboxylic acid groups (broad SMARTS) is 1. The number of nitriles is 1. The number of carbonyl (C=O) groups is 1. The molecule has 6 nitrogen and oxygen atoms in total. The zero-order chi connectivity index (χ0) is 14.1. The Bertz CT molecular complexity index is 594. The van der Waals surface area contributed by atoms with E-state index in [9.17, 15) is 15.2 Å². The molecule has 0 amide bonds. The molecule has 1 aromatic rings. The predicted molar refractivity (Wildman–Crippen MR) is 72.6 cm³/mol. The van der Waals surface area contributed by atoms with Crippen molar-refractivity contribution >= 4 is 11.8 Å². The van der Waals surface area contributed by atoms with Gasteiger partial charge in [0.05, 0.1) is 5.56 Å². The maximum Gasteiger partial charge on any atom is 0.327 e. The number of aliphatic carboxylic acids is 1. The number of nitrogens with zero attached hydrogens (tertiary/aromatic N) is 3. The van der Waals surface area contributed by atoms with Gasteiger partial charge in [0, 0.05) is 25.3 Å². The van der Waals surface area contributed by atoms with E-state index < -0.39 is 12.0 Å². The minimum absolute atomic E-state index is 0.374. The highest BCUT2D eigenvalue weighted by Crippen LogP contribution is 2.28. The van der Waals surface area contributed by atoms with Crippen LogP contribution in [0.15, 0.2) is 6.07 Å². The number of aryl methyl sites for hydroxylation is 2. The molecule has 20 heavy (non-hydrogen) atoms. The molecule has 0 bridgehead atoms. The highest BCUT2D eigenvalue weighted by atomic mass is 16.4. The zero-order valence-corrected chi connectivity index (χ0v) is 11.1. The molecule has 0 radical (unpaired) electrons. The van der Waals surface area contributed by atoms with E-state index in [4.69, 9.17) is 0 Å². The lowest BCUT2D eigenvalue weighted by Gasteiger charge is -2.35. The molecule has 1 unspecified atom stereocenters. The van der Waals surface area contributed by atoms with Crippen molar-refractivity contribution < 1.29 is 9.90 Å². The van der Waals surface area contributed by atoms with Gasteiger partial charge in [0.2, 0.25) is 0 Å². The van der Waals surface area contributed by atoms with Crippen molar-refractivity contribution in [1.29, 1.82) is 5.26 Å². The minimum Gasteiger partial charge on any atom is -0.480 e. The number of nitrogens with one attached hydrogen (secondary N) is 1. The number of piperazine rings is 1. The van der Waals surface area contributed by atoms with Crippen molar-refractivity contribution in [3.63, 3.8) is 0 Å². The Morgan fingerprint density at radius 1 is 1.55 bits per heavy atom. The lowest BCUT2D eigenvalue weighted by Crippen LogP contribution is -2.55. The van der Waals surface area contributed by atoms with Gasteiger partial charge in [-0.3, -0.25) is 0 Å². The smallest absolute Gasteiger partial charge is 0.327 e. The van der Waals surface area contributed by atoms with Gasteiger partial charge in [-0.2, -0.15) is 5.26 Å². The maximum atomic E-state index is 11.4. The van der Waals surface area contributed by atoms with E-state index in [0.717, 1.165) is 30.5 Å². The largest absolute Gasteiger partial charge is 0.480 e. The van der Waals surface area contributed by atoms with Crippen LogP contribution in [0.3, 0.4) is 0 Å². The van der Waals surface area contributed by atoms with Crippen LogP contribution >= 0.6 is 0 Å². The molecular weight excluding hydrogens is 256 g/mol. The van der Waals surface area contributed by atoms with E-state index in [0.29, 0.717) is 31.0 Å². The van der Waals surface area contributed by atoms with Gasteiger partial charge >= 0.3 is 5.97 Å². The van der Waals surface area contributed by atoms with Crippen LogP contribution in [0.4, 0.5) is 5.82 Å². The van der Waals surface area contributed by atoms with Crippen LogP contribution < -0.4 is 10.2 Å². The molecule has 0 spiro atoms. The topological polar surface area (TPSA) is 89.3 Å². The summed E-state index contributed by atoms with van der Waals surface area (Å²) in [6, 6.07) is 3.38. The molecule has 6 heteroatoms. The molecule has 2 aliphatic rings. The van der Waals surface area contributed by atoms with Crippen LogP contribution in [0.2, 0.25) is 0 Å². The number of rotatable bonds is 2. The molecule has 0 saturated carbocycles. The Morgan fingerprint density at radius 3 is 3.15 bits per heavy atom. The third-order valence-electron chi connectivity index (χ3n) is 3.95. The van der Waals surface area contributed by atoms with Crippen LogP contribution in [-0.4, -0.2) is 41.7 Å². The minimum atomic E-state index is -0.886. The summed E-state index contributed by atoms with van der Waals surface area (Å²) >= 11 is 0. The monoisotopic (exact) mass is 272 g/mol. The van der Waals surface area contributed by atoms with E-state index in [1.165, 1.54) is 0 Å². The van der Waals surface area contributed by atoms with E-state index >= 15 is 0 Å². The lowest BCUT2D eigenvalue weighted by molar-refractivity contribution is -0.138. The van der Waals surface area contributed by atoms with E-state index in [1.54, 1.807) is 4.90 Å². The summed E-state index contributed by atoms with van der Waals surface area (Å²) in [6.45, 7) is 1.63. The normalized spacial score (nSPS) is 21.4. The number of anilines is 1. The average molecular weight is 272 g/mol. The van der Waals surface area contributed by atoms with Crippen LogP contribution in [-0.2, 0) is 17.6 Å². The SMILES string of the molecule is N#Cc1cc2c(nc1N1CCNCC1C(=O)O)CCC2. The summed E-state index contributed by atoms with van der Waals surface area (Å²) in [5.41, 5.74) is 2.63. The highest BCUT2D eigenvalue weighted by Gasteiger charge is 2.31. The van der Waals surface area contributed by atoms with Gasteiger partial charge in [-0.15, -0.1) is 0 Å². The van der Waals surface area contributed by atoms with Crippen molar-refractivity contribution in [2.75, 3.05) is 24.5 Å². The zero-order valence-electron chi connectivity index (χ0n) is 11.1. The van der Waals surface area contributed by atoms with Gasteiger partial charge in [-0.05, 0) is 30.9 Å². The van der Waals surface area contributed by atoms with Crippen molar-refractivity contribution in [3.8, 4) is 6.07 Å². The lowest BCUT2D eigenvalue weighted by atomic mass is 10.1. The maximum absolute atomic E-state index is 11.4. The molecule has 1 saturated heterocycles. The Balaban J connectivity index is 2.04. The molecule has 1 atom stereocenters. The number of fused-ring (bicyclic) bond motifs is 1. The second-order valence-corrected chi connectivity index (χ2v) is 5.18. The van der Waals surface area contributed by atoms with E-state index in [1.807, 2.05) is 6.07 Å². The third-order valence-corrected chi connectivity index (χ3v) is 3.95. The Labute approximate surface area is 117 Å². The Morgan fingerprint density at radius 2 is 2.40 bits per heavy atom. The molecule has 1 fully saturated rings. The third kappa shape index (κ3) is 2.10. The first kappa shape index (κ1) is 12.9. The van der Waals surface area contributed by atoms with Gasteiger partial charge in [0.15, 0.2) is 0 Å². The molecule has 1 aromatic heterocycles. The fraction of sp³-hybridized carbons (Fsp3) is 0.500. The number of hydrogen-bond donors (Lipinski definition) is 2. The Kier molecular flexibility index (Phi) is 3.28. The molecule has 2 N–H and O–H groups in total. The van der Waals surface area contributed by atoms with Gasteiger partial charge in [-0.25, -0.2) is 9.78 Å². The number of carboxylic acids is 1. The van der Waals surface area contributed by atoms with Crippen molar-refractivity contribution in [1.82, 2.24) is 10.3 Å². The second-order valence-electron chi connectivity index (χ2n) is 5.18. The summed E-state index contributed by atoms with van der Waals surface area (Å²) < 4.78 is 0. The molecule has 3 rings (SSSR count). The fourth-order valence-electron chi connectivity index (χ4n) is 2.94. The molecule has 1 aliphatic carbocycles. The first-order chi connectivity index (χ1) is 9.70. The van der Waals surface area contributed by atoms with Crippen LogP contribution in [0.1, 0.15) is 23.2 Å². The van der Waals surface area contributed by atoms with Crippen LogP contribution in [0.5, 0.6) is 0 Å². The van der Waals surface area contributed by atoms with Crippen LogP contribution in [0.25, 0.3) is 0 Å². The fourth-order valence-corrected chi connectivity index (χ4v) is 2.94. The second kappa shape index (κ2) is 5.10. The van der Waals surface area contributed by atoms with Gasteiger partial charge in [0.25, 0.3) is 0 Å². The van der Waals surface area contributed by atoms with Crippen molar-refractivity contribution in [2.45, 2.75) is 25.3 Å². The van der Waals surface area contributed by atoms with Gasteiger partial charge < -0.3 is 15.3 Å². The summed E-state index contributed by atoms with van der Waals surface area (Å²) in [4.78, 5) is 17.7. The number of aromatic nitrogens is 1. The van der Waals surface area contributed by atoms with Crippen molar-refractivity contribution in [3.05, 3.63) is 22.9 Å². The number of pyridine rings is 1. The van der Waals surface area contributed by atoms with Gasteiger partial charge in [-0.1, -0.05) is 0 Å². The summed E-state index contributed by atoms with van der Waals surface area (Å²) in [7, 11) is 0. The summed E-state index contributed by atoms with van der Waals surface area (Å²) in [6.07, 6.45) is 2.93. The average Bonchev–Trinajstić information content (AvgIpc) is 2.93. The van der Waals surface area contributed by atoms with Crippen LogP contribution in [0, 0.1) is 11.3 Å². The van der Waals surface area contributed by atoms with Gasteiger partial charge in [0.1, 0.15) is 17.9 Å². The first-order valence-corrected chi connectivity index (χ1v) is 6.84. The molecule has 1 aliphatic heterocycles. The summed E-state index contributed by atoms with van der Waals surface area (Å²) in [5, 5.41) is 21.7. The number of hydrogen-bond acceptors (Lipinski definition) is 5. The van der Waals surface area contributed by atoms with Crippen molar-refractivity contribution in [2.24, 2.45) is 0 Å². The quantitative estimate of drug-likeness (QED) is 0.805.